The first kappa shape index (κ1) is 21.6. The lowest BCUT2D eigenvalue weighted by Crippen LogP contribution is -2.19. The van der Waals surface area contributed by atoms with Gasteiger partial charge in [-0.15, -0.1) is 29.9 Å². The van der Waals surface area contributed by atoms with Gasteiger partial charge in [0.05, 0.1) is 25.0 Å². The quantitative estimate of drug-likeness (QED) is 0.571. The number of benzene rings is 2. The zero-order valence-corrected chi connectivity index (χ0v) is 17.6. The third-order valence-corrected chi connectivity index (χ3v) is 4.79. The van der Waals surface area contributed by atoms with Gasteiger partial charge in [-0.2, -0.15) is 0 Å². The molecule has 0 saturated heterocycles. The van der Waals surface area contributed by atoms with Crippen molar-refractivity contribution in [2.75, 3.05) is 26.2 Å². The highest BCUT2D eigenvalue weighted by Gasteiger charge is 2.14. The molecule has 2 aromatic carbocycles. The highest BCUT2D eigenvalue weighted by atomic mass is 35.5. The summed E-state index contributed by atoms with van der Waals surface area (Å²) in [5.74, 6) is 1.89. The summed E-state index contributed by atoms with van der Waals surface area (Å²) >= 11 is 0. The maximum atomic E-state index is 10.5. The van der Waals surface area contributed by atoms with E-state index in [0.29, 0.717) is 11.3 Å². The molecule has 156 valence electrons. The molecule has 3 heterocycles. The summed E-state index contributed by atoms with van der Waals surface area (Å²) < 4.78 is 1.69. The zero-order chi connectivity index (χ0) is 18.9. The van der Waals surface area contributed by atoms with E-state index in [1.807, 2.05) is 36.4 Å². The number of hydrogen-bond donors (Lipinski definition) is 3. The number of phenolic OH excluding ortho intramolecular Hbond substituents is 1. The first-order valence-electron chi connectivity index (χ1n) is 9.21. The Kier molecular flexibility index (Phi) is 6.59. The first-order chi connectivity index (χ1) is 13.8. The van der Waals surface area contributed by atoms with Crippen LogP contribution in [0.4, 0.5) is 0 Å². The predicted octanol–water partition coefficient (Wildman–Crippen LogP) is 2.18. The van der Waals surface area contributed by atoms with Gasteiger partial charge in [-0.25, -0.2) is 4.68 Å². The van der Waals surface area contributed by atoms with Gasteiger partial charge in [0.15, 0.2) is 0 Å². The minimum Gasteiger partial charge on any atom is -0.507 e. The Bertz CT molecular complexity index is 1090. The Hall–Kier alpha value is -3.10. The number of aliphatic imine (C=N–C) groups is 2. The lowest BCUT2D eigenvalue weighted by atomic mass is 10.1. The average Bonchev–Trinajstić information content (AvgIpc) is 3.51. The van der Waals surface area contributed by atoms with Crippen molar-refractivity contribution in [2.45, 2.75) is 0 Å². The van der Waals surface area contributed by atoms with Crippen molar-refractivity contribution in [2.24, 2.45) is 9.98 Å². The molecule has 0 saturated carbocycles. The summed E-state index contributed by atoms with van der Waals surface area (Å²) in [6.07, 6.45) is 1.81. The van der Waals surface area contributed by atoms with Crippen molar-refractivity contribution in [3.05, 3.63) is 59.8 Å². The van der Waals surface area contributed by atoms with Crippen molar-refractivity contribution in [1.82, 2.24) is 25.6 Å². The number of rotatable bonds is 4. The van der Waals surface area contributed by atoms with E-state index >= 15 is 0 Å². The monoisotopic (exact) mass is 445 g/mol. The summed E-state index contributed by atoms with van der Waals surface area (Å²) in [7, 11) is 0. The number of aromatic nitrogens is 3. The van der Waals surface area contributed by atoms with Gasteiger partial charge in [-0.1, -0.05) is 11.3 Å². The van der Waals surface area contributed by atoms with E-state index in [2.05, 4.69) is 30.9 Å². The van der Waals surface area contributed by atoms with Gasteiger partial charge in [0.25, 0.3) is 0 Å². The van der Waals surface area contributed by atoms with E-state index < -0.39 is 0 Å². The molecule has 0 radical (unpaired) electrons. The van der Waals surface area contributed by atoms with Crippen molar-refractivity contribution < 1.29 is 5.11 Å². The highest BCUT2D eigenvalue weighted by molar-refractivity contribution is 6.01. The first-order valence-corrected chi connectivity index (χ1v) is 9.21. The SMILES string of the molecule is Cl.Cl.Oc1cc(C2=NCCN2)ccc1-c1cn(-c2ccc(C3=NCCN3)cc2)nn1. The fraction of sp³-hybridized carbons (Fsp3) is 0.200. The van der Waals surface area contributed by atoms with Gasteiger partial charge in [-0.05, 0) is 36.4 Å². The van der Waals surface area contributed by atoms with Gasteiger partial charge >= 0.3 is 0 Å². The maximum absolute atomic E-state index is 10.5. The van der Waals surface area contributed by atoms with Crippen LogP contribution in [0.3, 0.4) is 0 Å². The second kappa shape index (κ2) is 9.15. The Balaban J connectivity index is 0.00000128. The molecule has 2 aliphatic heterocycles. The molecule has 5 rings (SSSR count). The Morgan fingerprint density at radius 1 is 0.833 bits per heavy atom. The summed E-state index contributed by atoms with van der Waals surface area (Å²) in [6, 6.07) is 13.4. The maximum Gasteiger partial charge on any atom is 0.128 e. The lowest BCUT2D eigenvalue weighted by molar-refractivity contribution is 0.477. The summed E-state index contributed by atoms with van der Waals surface area (Å²) in [6.45, 7) is 3.28. The molecular formula is C20H21Cl2N7O. The van der Waals surface area contributed by atoms with Gasteiger partial charge < -0.3 is 15.7 Å². The van der Waals surface area contributed by atoms with Crippen LogP contribution in [-0.2, 0) is 0 Å². The van der Waals surface area contributed by atoms with Gasteiger partial charge in [0.1, 0.15) is 23.1 Å². The third-order valence-electron chi connectivity index (χ3n) is 4.79. The molecule has 0 fully saturated rings. The largest absolute Gasteiger partial charge is 0.507 e. The minimum absolute atomic E-state index is 0. The second-order valence-electron chi connectivity index (χ2n) is 6.64. The van der Waals surface area contributed by atoms with Gasteiger partial charge in [0, 0.05) is 29.8 Å². The number of nitrogens with zero attached hydrogens (tertiary/aromatic N) is 5. The molecule has 10 heteroatoms. The van der Waals surface area contributed by atoms with Crippen LogP contribution in [0.1, 0.15) is 11.1 Å². The number of amidine groups is 2. The van der Waals surface area contributed by atoms with Gasteiger partial charge in [-0.3, -0.25) is 9.98 Å². The molecule has 1 aromatic heterocycles. The Morgan fingerprint density at radius 2 is 1.47 bits per heavy atom. The molecule has 0 aliphatic carbocycles. The molecule has 0 spiro atoms. The zero-order valence-electron chi connectivity index (χ0n) is 15.9. The normalized spacial score (nSPS) is 14.7. The number of phenols is 1. The number of halogens is 2. The molecule has 0 atom stereocenters. The second-order valence-corrected chi connectivity index (χ2v) is 6.64. The average molecular weight is 446 g/mol. The summed E-state index contributed by atoms with van der Waals surface area (Å²) in [4.78, 5) is 8.81. The molecule has 3 N–H and O–H groups in total. The smallest absolute Gasteiger partial charge is 0.128 e. The summed E-state index contributed by atoms with van der Waals surface area (Å²) in [5, 5.41) is 25.4. The third kappa shape index (κ3) is 4.10. The van der Waals surface area contributed by atoms with Crippen LogP contribution in [0.15, 0.2) is 58.6 Å². The van der Waals surface area contributed by atoms with Crippen LogP contribution in [0.2, 0.25) is 0 Å². The molecule has 0 unspecified atom stereocenters. The van der Waals surface area contributed by atoms with Crippen LogP contribution in [-0.4, -0.2) is 58.0 Å². The van der Waals surface area contributed by atoms with Crippen molar-refractivity contribution >= 4 is 36.5 Å². The van der Waals surface area contributed by atoms with Crippen molar-refractivity contribution in [3.63, 3.8) is 0 Å². The topological polar surface area (TPSA) is 99.7 Å². The van der Waals surface area contributed by atoms with Crippen LogP contribution in [0, 0.1) is 0 Å². The van der Waals surface area contributed by atoms with Crippen molar-refractivity contribution in [1.29, 1.82) is 0 Å². The number of aromatic hydroxyl groups is 1. The van der Waals surface area contributed by atoms with Crippen molar-refractivity contribution in [3.8, 4) is 22.7 Å². The summed E-state index contributed by atoms with van der Waals surface area (Å²) in [5.41, 5.74) is 4.05. The van der Waals surface area contributed by atoms with E-state index in [1.54, 1.807) is 16.9 Å². The number of nitrogens with one attached hydrogen (secondary N) is 2. The van der Waals surface area contributed by atoms with E-state index in [9.17, 15) is 5.11 Å². The molecule has 0 bridgehead atoms. The number of hydrogen-bond acceptors (Lipinski definition) is 7. The molecule has 2 aliphatic rings. The van der Waals surface area contributed by atoms with E-state index in [0.717, 1.165) is 54.7 Å². The standard InChI is InChI=1S/C20H19N7O.2ClH/c28-18-11-14(20-23-9-10-24-20)3-6-16(18)17-12-27(26-25-17)15-4-1-13(2-5-15)19-21-7-8-22-19;;/h1-6,11-12,28H,7-10H2,(H,21,22)(H,23,24);2*1H. The molecule has 0 amide bonds. The molecule has 8 nitrogen and oxygen atoms in total. The van der Waals surface area contributed by atoms with Crippen LogP contribution in [0.5, 0.6) is 5.75 Å². The highest BCUT2D eigenvalue weighted by Crippen LogP contribution is 2.29. The van der Waals surface area contributed by atoms with E-state index in [4.69, 9.17) is 0 Å². The van der Waals surface area contributed by atoms with E-state index in [1.165, 1.54) is 0 Å². The Labute approximate surface area is 186 Å². The Morgan fingerprint density at radius 3 is 2.07 bits per heavy atom. The fourth-order valence-electron chi connectivity index (χ4n) is 3.36. The molecule has 30 heavy (non-hydrogen) atoms. The van der Waals surface area contributed by atoms with E-state index in [-0.39, 0.29) is 30.6 Å². The fourth-order valence-corrected chi connectivity index (χ4v) is 3.36. The molecule has 3 aromatic rings. The van der Waals surface area contributed by atoms with Gasteiger partial charge in [0.2, 0.25) is 0 Å². The lowest BCUT2D eigenvalue weighted by Gasteiger charge is -2.06. The van der Waals surface area contributed by atoms with Crippen LogP contribution in [0.25, 0.3) is 16.9 Å². The van der Waals surface area contributed by atoms with Crippen LogP contribution < -0.4 is 10.6 Å². The predicted molar refractivity (Wildman–Crippen MR) is 122 cm³/mol. The molecular weight excluding hydrogens is 425 g/mol. The van der Waals surface area contributed by atoms with Crippen LogP contribution >= 0.6 is 24.8 Å². The minimum atomic E-state index is 0.